The van der Waals surface area contributed by atoms with Gasteiger partial charge in [0, 0.05) is 5.39 Å². The molecular weight excluding hydrogens is 168 g/mol. The van der Waals surface area contributed by atoms with E-state index in [9.17, 15) is 0 Å². The second-order valence-corrected chi connectivity index (χ2v) is 3.54. The molecule has 0 spiro atoms. The summed E-state index contributed by atoms with van der Waals surface area (Å²) in [6, 6.07) is 2.03. The van der Waals surface area contributed by atoms with Crippen molar-refractivity contribution in [3.05, 3.63) is 30.0 Å². The lowest BCUT2D eigenvalue weighted by atomic mass is 10.2. The predicted molar refractivity (Wildman–Crippen MR) is 52.1 cm³/mol. The van der Waals surface area contributed by atoms with Gasteiger partial charge in [-0.3, -0.25) is 0 Å². The average molecular weight is 176 g/mol. The molecule has 0 N–H and O–H groups in total. The van der Waals surface area contributed by atoms with E-state index in [4.69, 9.17) is 0 Å². The maximum atomic E-state index is 4.17. The number of hydrogen-bond donors (Lipinski definition) is 0. The minimum atomic E-state index is 0.959. The highest BCUT2D eigenvalue weighted by atomic mass is 32.1. The third-order valence-corrected chi connectivity index (χ3v) is 2.49. The Hall–Kier alpha value is -1.22. The van der Waals surface area contributed by atoms with Gasteiger partial charge < -0.3 is 0 Å². The molecule has 0 aliphatic heterocycles. The standard InChI is InChI=1S/C9H8N2S/c1-6(2)8-7-3-4-12-9(7)11-5-10-8/h3-5H,1H2,2H3. The predicted octanol–water partition coefficient (Wildman–Crippen LogP) is 2.72. The zero-order valence-electron chi connectivity index (χ0n) is 6.74. The Morgan fingerprint density at radius 1 is 1.50 bits per heavy atom. The zero-order valence-corrected chi connectivity index (χ0v) is 7.56. The number of fused-ring (bicyclic) bond motifs is 1. The van der Waals surface area contributed by atoms with Crippen LogP contribution in [0.2, 0.25) is 0 Å². The number of thiophene rings is 1. The summed E-state index contributed by atoms with van der Waals surface area (Å²) < 4.78 is 0. The molecule has 0 atom stereocenters. The van der Waals surface area contributed by atoms with Gasteiger partial charge in [0.1, 0.15) is 11.2 Å². The molecule has 2 nitrogen and oxygen atoms in total. The minimum Gasteiger partial charge on any atom is -0.236 e. The van der Waals surface area contributed by atoms with Crippen molar-refractivity contribution in [1.82, 2.24) is 9.97 Å². The van der Waals surface area contributed by atoms with Crippen molar-refractivity contribution in [3.8, 4) is 0 Å². The van der Waals surface area contributed by atoms with Crippen LogP contribution in [0.25, 0.3) is 15.8 Å². The molecule has 2 aromatic heterocycles. The minimum absolute atomic E-state index is 0.959. The van der Waals surface area contributed by atoms with Crippen molar-refractivity contribution in [2.45, 2.75) is 6.92 Å². The Bertz CT molecular complexity index is 431. The van der Waals surface area contributed by atoms with Gasteiger partial charge in [0.2, 0.25) is 0 Å². The molecule has 0 fully saturated rings. The van der Waals surface area contributed by atoms with Crippen molar-refractivity contribution in [2.24, 2.45) is 0 Å². The Morgan fingerprint density at radius 2 is 2.33 bits per heavy atom. The van der Waals surface area contributed by atoms with Crippen LogP contribution in [-0.4, -0.2) is 9.97 Å². The number of nitrogens with zero attached hydrogens (tertiary/aromatic N) is 2. The van der Waals surface area contributed by atoms with Crippen molar-refractivity contribution in [3.63, 3.8) is 0 Å². The molecule has 0 aliphatic rings. The van der Waals surface area contributed by atoms with Crippen LogP contribution in [0.15, 0.2) is 24.4 Å². The molecule has 12 heavy (non-hydrogen) atoms. The van der Waals surface area contributed by atoms with Crippen LogP contribution in [0.4, 0.5) is 0 Å². The zero-order chi connectivity index (χ0) is 8.55. The first-order chi connectivity index (χ1) is 5.79. The summed E-state index contributed by atoms with van der Waals surface area (Å²) in [5.41, 5.74) is 1.95. The maximum absolute atomic E-state index is 4.17. The van der Waals surface area contributed by atoms with Crippen LogP contribution in [0.1, 0.15) is 12.6 Å². The number of allylic oxidation sites excluding steroid dienone is 1. The van der Waals surface area contributed by atoms with Gasteiger partial charge in [-0.25, -0.2) is 9.97 Å². The monoisotopic (exact) mass is 176 g/mol. The Balaban J connectivity index is 2.82. The second-order valence-electron chi connectivity index (χ2n) is 2.64. The molecule has 0 amide bonds. The van der Waals surface area contributed by atoms with E-state index in [1.54, 1.807) is 17.7 Å². The lowest BCUT2D eigenvalue weighted by Gasteiger charge is -1.98. The normalized spacial score (nSPS) is 10.4. The molecule has 0 saturated heterocycles. The first-order valence-corrected chi connectivity index (χ1v) is 4.51. The first kappa shape index (κ1) is 7.43. The molecule has 3 heteroatoms. The van der Waals surface area contributed by atoms with E-state index in [1.165, 1.54) is 0 Å². The summed E-state index contributed by atoms with van der Waals surface area (Å²) in [4.78, 5) is 9.36. The number of rotatable bonds is 1. The van der Waals surface area contributed by atoms with E-state index in [0.29, 0.717) is 0 Å². The highest BCUT2D eigenvalue weighted by molar-refractivity contribution is 7.16. The van der Waals surface area contributed by atoms with Crippen molar-refractivity contribution >= 4 is 27.1 Å². The maximum Gasteiger partial charge on any atom is 0.127 e. The fourth-order valence-corrected chi connectivity index (χ4v) is 1.86. The van der Waals surface area contributed by atoms with E-state index in [2.05, 4.69) is 16.5 Å². The van der Waals surface area contributed by atoms with Crippen molar-refractivity contribution < 1.29 is 0 Å². The molecule has 0 bridgehead atoms. The van der Waals surface area contributed by atoms with Crippen LogP contribution in [0.3, 0.4) is 0 Å². The second kappa shape index (κ2) is 2.68. The summed E-state index contributed by atoms with van der Waals surface area (Å²) in [5.74, 6) is 0. The van der Waals surface area contributed by atoms with E-state index in [0.717, 1.165) is 21.5 Å². The Kier molecular flexibility index (Phi) is 1.66. The fraction of sp³-hybridized carbons (Fsp3) is 0.111. The molecule has 2 heterocycles. The summed E-state index contributed by atoms with van der Waals surface area (Å²) in [7, 11) is 0. The molecule has 0 aromatic carbocycles. The molecule has 0 aliphatic carbocycles. The topological polar surface area (TPSA) is 25.8 Å². The molecular formula is C9H8N2S. The molecule has 0 saturated carbocycles. The van der Waals surface area contributed by atoms with Crippen LogP contribution in [0.5, 0.6) is 0 Å². The van der Waals surface area contributed by atoms with Gasteiger partial charge >= 0.3 is 0 Å². The summed E-state index contributed by atoms with van der Waals surface area (Å²) in [5, 5.41) is 3.13. The van der Waals surface area contributed by atoms with E-state index >= 15 is 0 Å². The Labute approximate surface area is 74.6 Å². The number of hydrogen-bond acceptors (Lipinski definition) is 3. The van der Waals surface area contributed by atoms with Crippen LogP contribution in [0, 0.1) is 0 Å². The van der Waals surface area contributed by atoms with Gasteiger partial charge in [-0.1, -0.05) is 6.58 Å². The van der Waals surface area contributed by atoms with Crippen molar-refractivity contribution in [2.75, 3.05) is 0 Å². The van der Waals surface area contributed by atoms with Gasteiger partial charge in [-0.2, -0.15) is 0 Å². The SMILES string of the molecule is C=C(C)c1ncnc2sccc12. The van der Waals surface area contributed by atoms with E-state index in [-0.39, 0.29) is 0 Å². The lowest BCUT2D eigenvalue weighted by molar-refractivity contribution is 1.20. The number of aromatic nitrogens is 2. The highest BCUT2D eigenvalue weighted by Crippen LogP contribution is 2.23. The average Bonchev–Trinajstić information content (AvgIpc) is 2.49. The molecule has 60 valence electrons. The third-order valence-electron chi connectivity index (χ3n) is 1.67. The molecule has 2 rings (SSSR count). The fourth-order valence-electron chi connectivity index (χ4n) is 1.13. The third kappa shape index (κ3) is 1.02. The highest BCUT2D eigenvalue weighted by Gasteiger charge is 2.03. The molecule has 0 radical (unpaired) electrons. The molecule has 0 unspecified atom stereocenters. The first-order valence-electron chi connectivity index (χ1n) is 3.63. The van der Waals surface area contributed by atoms with Crippen molar-refractivity contribution in [1.29, 1.82) is 0 Å². The van der Waals surface area contributed by atoms with Gasteiger partial charge in [-0.05, 0) is 23.9 Å². The van der Waals surface area contributed by atoms with Crippen LogP contribution < -0.4 is 0 Å². The van der Waals surface area contributed by atoms with Crippen LogP contribution >= 0.6 is 11.3 Å². The summed E-state index contributed by atoms with van der Waals surface area (Å²) in [6.07, 6.45) is 1.59. The summed E-state index contributed by atoms with van der Waals surface area (Å²) in [6.45, 7) is 5.83. The molecule has 2 aromatic rings. The van der Waals surface area contributed by atoms with Gasteiger partial charge in [-0.15, -0.1) is 11.3 Å². The lowest BCUT2D eigenvalue weighted by Crippen LogP contribution is -1.86. The van der Waals surface area contributed by atoms with Gasteiger partial charge in [0.25, 0.3) is 0 Å². The summed E-state index contributed by atoms with van der Waals surface area (Å²) >= 11 is 1.63. The van der Waals surface area contributed by atoms with E-state index < -0.39 is 0 Å². The largest absolute Gasteiger partial charge is 0.236 e. The van der Waals surface area contributed by atoms with Gasteiger partial charge in [0.15, 0.2) is 0 Å². The Morgan fingerprint density at radius 3 is 3.08 bits per heavy atom. The van der Waals surface area contributed by atoms with Crippen LogP contribution in [-0.2, 0) is 0 Å². The van der Waals surface area contributed by atoms with E-state index in [1.807, 2.05) is 18.4 Å². The quantitative estimate of drug-likeness (QED) is 0.667. The smallest absolute Gasteiger partial charge is 0.127 e. The van der Waals surface area contributed by atoms with Gasteiger partial charge in [0.05, 0.1) is 5.69 Å².